The van der Waals surface area contributed by atoms with Crippen LogP contribution in [0.4, 0.5) is 0 Å². The highest BCUT2D eigenvalue weighted by Crippen LogP contribution is 2.35. The number of carbonyl (C=O) groups excluding carboxylic acids is 4. The summed E-state index contributed by atoms with van der Waals surface area (Å²) in [5.74, 6) is -1.51. The quantitative estimate of drug-likeness (QED) is 0.451. The molecule has 1 unspecified atom stereocenters. The van der Waals surface area contributed by atoms with Crippen LogP contribution in [-0.4, -0.2) is 52.1 Å². The second-order valence-electron chi connectivity index (χ2n) is 9.51. The third kappa shape index (κ3) is 5.19. The summed E-state index contributed by atoms with van der Waals surface area (Å²) in [7, 11) is 0. The number of halogens is 1. The number of imide groups is 1. The Morgan fingerprint density at radius 3 is 2.32 bits per heavy atom. The Labute approximate surface area is 205 Å². The number of nitrogens with zero attached hydrogens (tertiary/aromatic N) is 2. The monoisotopic (exact) mass is 485 g/mol. The van der Waals surface area contributed by atoms with Crippen LogP contribution in [-0.2, 0) is 25.7 Å². The number of hydrogen-bond acceptors (Lipinski definition) is 4. The summed E-state index contributed by atoms with van der Waals surface area (Å²) in [5.41, 5.74) is 0.739. The first-order valence-corrected chi connectivity index (χ1v) is 12.6. The molecule has 3 aliphatic rings. The third-order valence-corrected chi connectivity index (χ3v) is 7.68. The lowest BCUT2D eigenvalue weighted by Crippen LogP contribution is -2.50. The first kappa shape index (κ1) is 24.5. The minimum Gasteiger partial charge on any atom is -0.352 e. The molecule has 3 atom stereocenters. The summed E-state index contributed by atoms with van der Waals surface area (Å²) in [6.45, 7) is 1.92. The van der Waals surface area contributed by atoms with Crippen LogP contribution in [0.5, 0.6) is 0 Å². The molecule has 8 heteroatoms. The second-order valence-corrected chi connectivity index (χ2v) is 9.92. The Hall–Kier alpha value is -2.67. The maximum atomic E-state index is 13.4. The molecule has 1 saturated carbocycles. The van der Waals surface area contributed by atoms with Gasteiger partial charge in [-0.05, 0) is 44.2 Å². The van der Waals surface area contributed by atoms with E-state index in [2.05, 4.69) is 5.32 Å². The molecule has 4 rings (SSSR count). The van der Waals surface area contributed by atoms with E-state index in [0.29, 0.717) is 17.9 Å². The van der Waals surface area contributed by atoms with Gasteiger partial charge < -0.3 is 10.2 Å². The molecule has 1 aromatic carbocycles. The van der Waals surface area contributed by atoms with Gasteiger partial charge in [0, 0.05) is 30.6 Å². The molecule has 1 aliphatic heterocycles. The summed E-state index contributed by atoms with van der Waals surface area (Å²) in [4.78, 5) is 54.6. The zero-order valence-electron chi connectivity index (χ0n) is 19.5. The van der Waals surface area contributed by atoms with Crippen molar-refractivity contribution in [2.24, 2.45) is 11.8 Å². The van der Waals surface area contributed by atoms with Crippen molar-refractivity contribution in [2.75, 3.05) is 6.54 Å². The number of fused-ring (bicyclic) bond motifs is 1. The van der Waals surface area contributed by atoms with Gasteiger partial charge in [-0.15, -0.1) is 0 Å². The molecule has 4 amide bonds. The molecule has 1 heterocycles. The zero-order chi connectivity index (χ0) is 24.2. The van der Waals surface area contributed by atoms with Crippen LogP contribution >= 0.6 is 11.6 Å². The molecule has 0 radical (unpaired) electrons. The predicted octanol–water partition coefficient (Wildman–Crippen LogP) is 3.46. The molecule has 182 valence electrons. The fraction of sp³-hybridized carbons (Fsp3) is 0.538. The molecular weight excluding hydrogens is 454 g/mol. The lowest BCUT2D eigenvalue weighted by molar-refractivity contribution is -0.144. The Morgan fingerprint density at radius 2 is 1.71 bits per heavy atom. The van der Waals surface area contributed by atoms with E-state index in [9.17, 15) is 19.2 Å². The van der Waals surface area contributed by atoms with Gasteiger partial charge in [-0.25, -0.2) is 0 Å². The number of hydrogen-bond donors (Lipinski definition) is 1. The number of rotatable bonds is 8. The molecule has 7 nitrogen and oxygen atoms in total. The molecule has 0 bridgehead atoms. The minimum atomic E-state index is -0.707. The van der Waals surface area contributed by atoms with Crippen molar-refractivity contribution in [3.05, 3.63) is 47.0 Å². The zero-order valence-corrected chi connectivity index (χ0v) is 20.3. The smallest absolute Gasteiger partial charge is 0.242 e. The molecular formula is C26H32ClN3O4. The van der Waals surface area contributed by atoms with Gasteiger partial charge in [-0.1, -0.05) is 54.8 Å². The predicted molar refractivity (Wildman–Crippen MR) is 129 cm³/mol. The van der Waals surface area contributed by atoms with E-state index in [1.54, 1.807) is 13.0 Å². The van der Waals surface area contributed by atoms with Crippen molar-refractivity contribution in [3.63, 3.8) is 0 Å². The van der Waals surface area contributed by atoms with Crippen LogP contribution in [0.3, 0.4) is 0 Å². The Kier molecular flexibility index (Phi) is 7.71. The van der Waals surface area contributed by atoms with Crippen LogP contribution in [0.25, 0.3) is 0 Å². The molecule has 34 heavy (non-hydrogen) atoms. The topological polar surface area (TPSA) is 86.8 Å². The van der Waals surface area contributed by atoms with Crippen LogP contribution in [0.2, 0.25) is 5.02 Å². The van der Waals surface area contributed by atoms with Crippen molar-refractivity contribution in [1.29, 1.82) is 0 Å². The summed E-state index contributed by atoms with van der Waals surface area (Å²) < 4.78 is 0. The van der Waals surface area contributed by atoms with Gasteiger partial charge in [-0.2, -0.15) is 0 Å². The van der Waals surface area contributed by atoms with E-state index < -0.39 is 6.04 Å². The fourth-order valence-corrected chi connectivity index (χ4v) is 5.42. The molecule has 0 aromatic heterocycles. The maximum absolute atomic E-state index is 13.4. The Morgan fingerprint density at radius 1 is 1.09 bits per heavy atom. The number of carbonyl (C=O) groups is 4. The van der Waals surface area contributed by atoms with Crippen molar-refractivity contribution >= 4 is 35.2 Å². The molecule has 2 aliphatic carbocycles. The van der Waals surface area contributed by atoms with Crippen molar-refractivity contribution in [3.8, 4) is 0 Å². The van der Waals surface area contributed by atoms with Gasteiger partial charge >= 0.3 is 0 Å². The van der Waals surface area contributed by atoms with Crippen molar-refractivity contribution in [2.45, 2.75) is 70.5 Å². The average molecular weight is 486 g/mol. The molecule has 0 spiro atoms. The molecule has 1 aromatic rings. The van der Waals surface area contributed by atoms with Gasteiger partial charge in [-0.3, -0.25) is 24.1 Å². The average Bonchev–Trinajstić information content (AvgIpc) is 3.43. The summed E-state index contributed by atoms with van der Waals surface area (Å²) >= 11 is 6.34. The van der Waals surface area contributed by atoms with Crippen LogP contribution in [0, 0.1) is 11.8 Å². The number of likely N-dealkylation sites (tertiary alicyclic amines) is 1. The highest BCUT2D eigenvalue weighted by molar-refractivity contribution is 6.31. The summed E-state index contributed by atoms with van der Waals surface area (Å²) in [6.07, 6.45) is 9.08. The Balaban J connectivity index is 1.45. The number of allylic oxidation sites excluding steroid dienone is 2. The van der Waals surface area contributed by atoms with E-state index in [4.69, 9.17) is 11.6 Å². The highest BCUT2D eigenvalue weighted by atomic mass is 35.5. The highest BCUT2D eigenvalue weighted by Gasteiger charge is 2.47. The van der Waals surface area contributed by atoms with Crippen LogP contribution in [0.1, 0.15) is 57.4 Å². The molecule has 1 saturated heterocycles. The Bertz CT molecular complexity index is 962. The standard InChI is InChI=1S/C26H32ClN3O4/c1-17(24(32)28-19-9-3-4-10-19)30(16-18-8-2-7-13-22(18)27)23(31)14-15-29-25(33)20-11-5-6-12-21(20)26(29)34/h2,5-8,13,17,19-21H,3-4,9-12,14-16H2,1H3,(H,28,32)/t17?,20-,21+. The van der Waals surface area contributed by atoms with Gasteiger partial charge in [0.05, 0.1) is 11.8 Å². The summed E-state index contributed by atoms with van der Waals surface area (Å²) in [6, 6.07) is 6.66. The van der Waals surface area contributed by atoms with E-state index in [0.717, 1.165) is 31.2 Å². The van der Waals surface area contributed by atoms with Crippen molar-refractivity contribution < 1.29 is 19.2 Å². The van der Waals surface area contributed by atoms with Crippen LogP contribution in [0.15, 0.2) is 36.4 Å². The number of benzene rings is 1. The second kappa shape index (κ2) is 10.7. The van der Waals surface area contributed by atoms with E-state index >= 15 is 0 Å². The first-order valence-electron chi connectivity index (χ1n) is 12.2. The first-order chi connectivity index (χ1) is 16.4. The normalized spacial score (nSPS) is 23.2. The summed E-state index contributed by atoms with van der Waals surface area (Å²) in [5, 5.41) is 3.59. The van der Waals surface area contributed by atoms with Gasteiger partial charge in [0.25, 0.3) is 0 Å². The molecule has 2 fully saturated rings. The lowest BCUT2D eigenvalue weighted by atomic mass is 9.85. The lowest BCUT2D eigenvalue weighted by Gasteiger charge is -2.30. The molecule has 1 N–H and O–H groups in total. The van der Waals surface area contributed by atoms with E-state index in [1.165, 1.54) is 9.80 Å². The number of amides is 4. The number of nitrogens with one attached hydrogen (secondary N) is 1. The third-order valence-electron chi connectivity index (χ3n) is 7.32. The van der Waals surface area contributed by atoms with Gasteiger partial charge in [0.15, 0.2) is 0 Å². The fourth-order valence-electron chi connectivity index (χ4n) is 5.23. The maximum Gasteiger partial charge on any atom is 0.242 e. The van der Waals surface area contributed by atoms with E-state index in [-0.39, 0.29) is 61.0 Å². The largest absolute Gasteiger partial charge is 0.352 e. The van der Waals surface area contributed by atoms with E-state index in [1.807, 2.05) is 30.4 Å². The minimum absolute atomic E-state index is 0.0273. The van der Waals surface area contributed by atoms with Gasteiger partial charge in [0.2, 0.25) is 23.6 Å². The van der Waals surface area contributed by atoms with Gasteiger partial charge in [0.1, 0.15) is 6.04 Å². The van der Waals surface area contributed by atoms with Crippen molar-refractivity contribution in [1.82, 2.24) is 15.1 Å². The SMILES string of the molecule is CC(C(=O)NC1CCCC1)N(Cc1ccccc1Cl)C(=O)CCN1C(=O)[C@H]2CC=CC[C@H]2C1=O. The van der Waals surface area contributed by atoms with Crippen LogP contribution < -0.4 is 5.32 Å².